The second kappa shape index (κ2) is 8.57. The molecule has 0 aliphatic carbocycles. The minimum atomic E-state index is -0.0661. The zero-order valence-corrected chi connectivity index (χ0v) is 16.6. The Labute approximate surface area is 165 Å². The van der Waals surface area contributed by atoms with Gasteiger partial charge in [0.05, 0.1) is 0 Å². The van der Waals surface area contributed by atoms with Gasteiger partial charge in [0.2, 0.25) is 5.91 Å². The molecule has 142 valence electrons. The van der Waals surface area contributed by atoms with Gasteiger partial charge in [0, 0.05) is 35.3 Å². The summed E-state index contributed by atoms with van der Waals surface area (Å²) in [7, 11) is 0. The van der Waals surface area contributed by atoms with E-state index in [2.05, 4.69) is 18.3 Å². The number of nitrogens with zero attached hydrogens (tertiary/aromatic N) is 1. The van der Waals surface area contributed by atoms with Gasteiger partial charge in [-0.05, 0) is 61.6 Å². The third-order valence-electron chi connectivity index (χ3n) is 5.23. The highest BCUT2D eigenvalue weighted by molar-refractivity contribution is 6.30. The van der Waals surface area contributed by atoms with E-state index in [0.29, 0.717) is 36.5 Å². The van der Waals surface area contributed by atoms with Crippen molar-refractivity contribution in [2.75, 3.05) is 18.4 Å². The van der Waals surface area contributed by atoms with Gasteiger partial charge < -0.3 is 10.2 Å². The minimum Gasteiger partial charge on any atom is -0.339 e. The van der Waals surface area contributed by atoms with Crippen LogP contribution < -0.4 is 5.32 Å². The van der Waals surface area contributed by atoms with Crippen LogP contribution in [0.15, 0.2) is 42.5 Å². The number of nitrogens with one attached hydrogen (secondary N) is 1. The van der Waals surface area contributed by atoms with Crippen molar-refractivity contribution in [2.24, 2.45) is 5.92 Å². The predicted octanol–water partition coefficient (Wildman–Crippen LogP) is 4.70. The van der Waals surface area contributed by atoms with Crippen molar-refractivity contribution < 1.29 is 9.59 Å². The summed E-state index contributed by atoms with van der Waals surface area (Å²) in [6.45, 7) is 5.29. The number of rotatable bonds is 4. The fraction of sp³-hybridized carbons (Fsp3) is 0.364. The van der Waals surface area contributed by atoms with Crippen molar-refractivity contribution in [3.8, 4) is 0 Å². The number of para-hydroxylation sites is 1. The third kappa shape index (κ3) is 4.51. The number of hydrogen-bond donors (Lipinski definition) is 1. The van der Waals surface area contributed by atoms with Gasteiger partial charge in [0.1, 0.15) is 0 Å². The van der Waals surface area contributed by atoms with Crippen LogP contribution in [-0.4, -0.2) is 29.8 Å². The Kier molecular flexibility index (Phi) is 6.17. The van der Waals surface area contributed by atoms with Crippen molar-refractivity contribution in [1.82, 2.24) is 4.90 Å². The first-order valence-electron chi connectivity index (χ1n) is 9.43. The molecule has 1 aliphatic heterocycles. The van der Waals surface area contributed by atoms with E-state index in [1.165, 1.54) is 0 Å². The zero-order chi connectivity index (χ0) is 19.4. The van der Waals surface area contributed by atoms with Gasteiger partial charge in [-0.15, -0.1) is 0 Å². The van der Waals surface area contributed by atoms with E-state index in [1.807, 2.05) is 24.0 Å². The van der Waals surface area contributed by atoms with Gasteiger partial charge in [-0.1, -0.05) is 36.7 Å². The van der Waals surface area contributed by atoms with Gasteiger partial charge in [-0.25, -0.2) is 0 Å². The number of carbonyl (C=O) groups excluding carboxylic acids is 2. The molecular formula is C22H25ClN2O2. The number of carbonyl (C=O) groups is 2. The first-order chi connectivity index (χ1) is 13.0. The average molecular weight is 385 g/mol. The highest BCUT2D eigenvalue weighted by atomic mass is 35.5. The predicted molar refractivity (Wildman–Crippen MR) is 109 cm³/mol. The van der Waals surface area contributed by atoms with Crippen LogP contribution in [0, 0.1) is 12.8 Å². The van der Waals surface area contributed by atoms with Crippen LogP contribution in [-0.2, 0) is 11.2 Å². The van der Waals surface area contributed by atoms with Crippen LogP contribution in [0.3, 0.4) is 0 Å². The summed E-state index contributed by atoms with van der Waals surface area (Å²) in [6, 6.07) is 13.0. The Morgan fingerprint density at radius 1 is 1.11 bits per heavy atom. The number of anilines is 1. The largest absolute Gasteiger partial charge is 0.339 e. The lowest BCUT2D eigenvalue weighted by Crippen LogP contribution is -2.41. The summed E-state index contributed by atoms with van der Waals surface area (Å²) in [5.41, 5.74) is 3.80. The maximum Gasteiger partial charge on any atom is 0.253 e. The molecule has 1 saturated heterocycles. The SMILES string of the molecule is CCc1cccc(C)c1NC(=O)C1CCN(C(=O)c2ccc(Cl)cc2)CC1. The van der Waals surface area contributed by atoms with Gasteiger partial charge in [-0.3, -0.25) is 9.59 Å². The van der Waals surface area contributed by atoms with Crippen molar-refractivity contribution in [3.63, 3.8) is 0 Å². The van der Waals surface area contributed by atoms with E-state index >= 15 is 0 Å². The minimum absolute atomic E-state index is 0.00213. The Balaban J connectivity index is 1.60. The first kappa shape index (κ1) is 19.4. The maximum absolute atomic E-state index is 12.7. The quantitative estimate of drug-likeness (QED) is 0.830. The number of aryl methyl sites for hydroxylation is 2. The Hall–Kier alpha value is -2.33. The molecule has 0 atom stereocenters. The lowest BCUT2D eigenvalue weighted by atomic mass is 9.94. The molecule has 0 unspecified atom stereocenters. The molecule has 0 saturated carbocycles. The summed E-state index contributed by atoms with van der Waals surface area (Å²) in [6.07, 6.45) is 2.24. The van der Waals surface area contributed by atoms with Gasteiger partial charge >= 0.3 is 0 Å². The van der Waals surface area contributed by atoms with E-state index in [-0.39, 0.29) is 17.7 Å². The lowest BCUT2D eigenvalue weighted by Gasteiger charge is -2.31. The third-order valence-corrected chi connectivity index (χ3v) is 5.48. The molecule has 2 amide bonds. The summed E-state index contributed by atoms with van der Waals surface area (Å²) < 4.78 is 0. The topological polar surface area (TPSA) is 49.4 Å². The molecule has 5 heteroatoms. The molecule has 1 aliphatic rings. The zero-order valence-electron chi connectivity index (χ0n) is 15.8. The van der Waals surface area contributed by atoms with E-state index in [0.717, 1.165) is 23.2 Å². The number of halogens is 1. The molecule has 1 fully saturated rings. The molecular weight excluding hydrogens is 360 g/mol. The number of likely N-dealkylation sites (tertiary alicyclic amines) is 1. The first-order valence-corrected chi connectivity index (χ1v) is 9.81. The van der Waals surface area contributed by atoms with Crippen LogP contribution in [0.5, 0.6) is 0 Å². The lowest BCUT2D eigenvalue weighted by molar-refractivity contribution is -0.121. The average Bonchev–Trinajstić information content (AvgIpc) is 2.69. The summed E-state index contributed by atoms with van der Waals surface area (Å²) in [5, 5.41) is 3.74. The molecule has 0 radical (unpaired) electrons. The van der Waals surface area contributed by atoms with Crippen LogP contribution in [0.1, 0.15) is 41.3 Å². The second-order valence-corrected chi connectivity index (χ2v) is 7.46. The van der Waals surface area contributed by atoms with Gasteiger partial charge in [-0.2, -0.15) is 0 Å². The Bertz CT molecular complexity index is 825. The standard InChI is InChI=1S/C22H25ClN2O2/c1-3-16-6-4-5-15(2)20(16)24-21(26)17-11-13-25(14-12-17)22(27)18-7-9-19(23)10-8-18/h4-10,17H,3,11-14H2,1-2H3,(H,24,26). The molecule has 1 N–H and O–H groups in total. The normalized spacial score (nSPS) is 14.9. The van der Waals surface area contributed by atoms with Crippen LogP contribution in [0.2, 0.25) is 5.02 Å². The fourth-order valence-electron chi connectivity index (χ4n) is 3.55. The Morgan fingerprint density at radius 2 is 1.78 bits per heavy atom. The molecule has 2 aromatic rings. The number of benzene rings is 2. The van der Waals surface area contributed by atoms with Gasteiger partial charge in [0.25, 0.3) is 5.91 Å². The van der Waals surface area contributed by atoms with Crippen molar-refractivity contribution in [1.29, 1.82) is 0 Å². The van der Waals surface area contributed by atoms with Gasteiger partial charge in [0.15, 0.2) is 0 Å². The molecule has 27 heavy (non-hydrogen) atoms. The molecule has 0 spiro atoms. The van der Waals surface area contributed by atoms with Crippen molar-refractivity contribution in [2.45, 2.75) is 33.1 Å². The van der Waals surface area contributed by atoms with Crippen LogP contribution in [0.25, 0.3) is 0 Å². The smallest absolute Gasteiger partial charge is 0.253 e. The maximum atomic E-state index is 12.7. The summed E-state index contributed by atoms with van der Waals surface area (Å²) in [4.78, 5) is 27.1. The molecule has 3 rings (SSSR count). The molecule has 1 heterocycles. The highest BCUT2D eigenvalue weighted by Crippen LogP contribution is 2.25. The molecule has 0 bridgehead atoms. The fourth-order valence-corrected chi connectivity index (χ4v) is 3.67. The highest BCUT2D eigenvalue weighted by Gasteiger charge is 2.28. The number of piperidine rings is 1. The van der Waals surface area contributed by atoms with E-state index < -0.39 is 0 Å². The molecule has 0 aromatic heterocycles. The second-order valence-electron chi connectivity index (χ2n) is 7.03. The monoisotopic (exact) mass is 384 g/mol. The number of amides is 2. The summed E-state index contributed by atoms with van der Waals surface area (Å²) in [5.74, 6) is -0.0149. The summed E-state index contributed by atoms with van der Waals surface area (Å²) >= 11 is 5.89. The van der Waals surface area contributed by atoms with Crippen LogP contribution in [0.4, 0.5) is 5.69 Å². The molecule has 4 nitrogen and oxygen atoms in total. The van der Waals surface area contributed by atoms with Crippen molar-refractivity contribution >= 4 is 29.1 Å². The van der Waals surface area contributed by atoms with Crippen LogP contribution >= 0.6 is 11.6 Å². The van der Waals surface area contributed by atoms with E-state index in [9.17, 15) is 9.59 Å². The Morgan fingerprint density at radius 3 is 2.41 bits per heavy atom. The van der Waals surface area contributed by atoms with Crippen molar-refractivity contribution in [3.05, 3.63) is 64.2 Å². The van der Waals surface area contributed by atoms with E-state index in [1.54, 1.807) is 24.3 Å². The van der Waals surface area contributed by atoms with E-state index in [4.69, 9.17) is 11.6 Å². The molecule has 2 aromatic carbocycles. The number of hydrogen-bond acceptors (Lipinski definition) is 2.